The van der Waals surface area contributed by atoms with E-state index in [4.69, 9.17) is 19.8 Å². The Hall–Kier alpha value is -3.62. The zero-order valence-corrected chi connectivity index (χ0v) is 15.2. The Morgan fingerprint density at radius 1 is 0.964 bits per heavy atom. The van der Waals surface area contributed by atoms with Crippen LogP contribution in [0, 0.1) is 11.3 Å². The van der Waals surface area contributed by atoms with Crippen LogP contribution in [0.3, 0.4) is 0 Å². The Bertz CT molecular complexity index is 976. The third-order valence-electron chi connectivity index (χ3n) is 4.17. The first kappa shape index (κ1) is 19.2. The summed E-state index contributed by atoms with van der Waals surface area (Å²) in [7, 11) is 0. The molecule has 0 saturated carbocycles. The molecule has 0 heterocycles. The maximum atomic E-state index is 11.3. The maximum absolute atomic E-state index is 11.3. The van der Waals surface area contributed by atoms with E-state index >= 15 is 0 Å². The number of esters is 1. The molecule has 0 atom stereocenters. The number of benzene rings is 3. The van der Waals surface area contributed by atoms with Crippen molar-refractivity contribution in [2.75, 3.05) is 6.61 Å². The van der Waals surface area contributed by atoms with Crippen LogP contribution >= 0.6 is 0 Å². The van der Waals surface area contributed by atoms with Gasteiger partial charge in [0.2, 0.25) is 0 Å². The van der Waals surface area contributed by atoms with Gasteiger partial charge >= 0.3 is 5.97 Å². The summed E-state index contributed by atoms with van der Waals surface area (Å²) in [6.45, 7) is -0.194. The summed E-state index contributed by atoms with van der Waals surface area (Å²) in [6, 6.07) is 24.6. The van der Waals surface area contributed by atoms with Gasteiger partial charge in [-0.05, 0) is 52.6 Å². The number of rotatable bonds is 7. The normalized spacial score (nSPS) is 10.1. The zero-order chi connectivity index (χ0) is 19.8. The van der Waals surface area contributed by atoms with Gasteiger partial charge in [0.1, 0.15) is 25.6 Å². The van der Waals surface area contributed by atoms with Crippen molar-refractivity contribution >= 4 is 5.97 Å². The minimum Gasteiger partial charge on any atom is -0.489 e. The number of hydrogen-bond donors (Lipinski definition) is 1. The molecule has 0 aliphatic heterocycles. The molecule has 0 spiro atoms. The summed E-state index contributed by atoms with van der Waals surface area (Å²) in [5, 5.41) is 17.7. The Balaban J connectivity index is 1.80. The van der Waals surface area contributed by atoms with Gasteiger partial charge in [0.05, 0.1) is 11.6 Å². The van der Waals surface area contributed by atoms with Gasteiger partial charge in [-0.2, -0.15) is 5.26 Å². The van der Waals surface area contributed by atoms with Crippen LogP contribution in [-0.2, 0) is 22.7 Å². The standard InChI is InChI=1S/C23H19NO4/c24-13-17-7-10-21(11-8-17)27-15-18-6-9-20(16-28-23(26)14-25)22(12-18)19-4-2-1-3-5-19/h1-12,25H,14-16H2. The molecule has 1 N–H and O–H groups in total. The lowest BCUT2D eigenvalue weighted by Crippen LogP contribution is -2.09. The molecule has 0 saturated heterocycles. The van der Waals surface area contributed by atoms with Crippen molar-refractivity contribution in [1.29, 1.82) is 5.26 Å². The van der Waals surface area contributed by atoms with Crippen LogP contribution < -0.4 is 4.74 Å². The van der Waals surface area contributed by atoms with E-state index in [0.29, 0.717) is 17.9 Å². The van der Waals surface area contributed by atoms with Crippen molar-refractivity contribution in [3.05, 3.63) is 89.5 Å². The average molecular weight is 373 g/mol. The Morgan fingerprint density at radius 3 is 2.39 bits per heavy atom. The molecular weight excluding hydrogens is 354 g/mol. The minimum atomic E-state index is -0.660. The molecule has 28 heavy (non-hydrogen) atoms. The summed E-state index contributed by atoms with van der Waals surface area (Å²) in [6.07, 6.45) is 0. The van der Waals surface area contributed by atoms with E-state index in [1.54, 1.807) is 24.3 Å². The quantitative estimate of drug-likeness (QED) is 0.637. The van der Waals surface area contributed by atoms with Crippen LogP contribution in [0.5, 0.6) is 5.75 Å². The number of nitrogens with zero attached hydrogens (tertiary/aromatic N) is 1. The third kappa shape index (κ3) is 4.97. The van der Waals surface area contributed by atoms with Crippen LogP contribution in [0.1, 0.15) is 16.7 Å². The highest BCUT2D eigenvalue weighted by Gasteiger charge is 2.10. The molecule has 0 fully saturated rings. The van der Waals surface area contributed by atoms with Gasteiger partial charge in [-0.25, -0.2) is 4.79 Å². The molecule has 0 unspecified atom stereocenters. The van der Waals surface area contributed by atoms with Crippen LogP contribution in [0.4, 0.5) is 0 Å². The number of aliphatic hydroxyl groups excluding tert-OH is 1. The average Bonchev–Trinajstić information content (AvgIpc) is 2.77. The SMILES string of the molecule is N#Cc1ccc(OCc2ccc(COC(=O)CO)c(-c3ccccc3)c2)cc1. The Morgan fingerprint density at radius 2 is 1.71 bits per heavy atom. The molecule has 0 amide bonds. The number of carbonyl (C=O) groups is 1. The van der Waals surface area contributed by atoms with Gasteiger partial charge in [0.25, 0.3) is 0 Å². The van der Waals surface area contributed by atoms with E-state index < -0.39 is 12.6 Å². The molecule has 3 aromatic carbocycles. The zero-order valence-electron chi connectivity index (χ0n) is 15.2. The Kier molecular flexibility index (Phi) is 6.40. The molecule has 3 aromatic rings. The lowest BCUT2D eigenvalue weighted by molar-refractivity contribution is -0.148. The molecule has 0 aromatic heterocycles. The molecule has 3 rings (SSSR count). The lowest BCUT2D eigenvalue weighted by Gasteiger charge is -2.13. The predicted molar refractivity (Wildman–Crippen MR) is 104 cm³/mol. The van der Waals surface area contributed by atoms with Gasteiger partial charge < -0.3 is 14.6 Å². The maximum Gasteiger partial charge on any atom is 0.332 e. The summed E-state index contributed by atoms with van der Waals surface area (Å²) >= 11 is 0. The highest BCUT2D eigenvalue weighted by atomic mass is 16.5. The van der Waals surface area contributed by atoms with Gasteiger partial charge in [-0.3, -0.25) is 0 Å². The van der Waals surface area contributed by atoms with Crippen LogP contribution in [-0.4, -0.2) is 17.7 Å². The number of aliphatic hydroxyl groups is 1. The van der Waals surface area contributed by atoms with Crippen molar-refractivity contribution in [1.82, 2.24) is 0 Å². The Labute approximate surface area is 163 Å². The van der Waals surface area contributed by atoms with Crippen molar-refractivity contribution in [2.24, 2.45) is 0 Å². The molecule has 0 aliphatic carbocycles. The number of ether oxygens (including phenoxy) is 2. The lowest BCUT2D eigenvalue weighted by atomic mass is 9.98. The molecule has 5 heteroatoms. The van der Waals surface area contributed by atoms with Crippen LogP contribution in [0.15, 0.2) is 72.8 Å². The van der Waals surface area contributed by atoms with Crippen molar-refractivity contribution in [3.8, 4) is 22.9 Å². The first-order valence-electron chi connectivity index (χ1n) is 8.76. The first-order valence-corrected chi connectivity index (χ1v) is 8.76. The second-order valence-electron chi connectivity index (χ2n) is 6.10. The van der Waals surface area contributed by atoms with Gasteiger partial charge in [0.15, 0.2) is 0 Å². The summed E-state index contributed by atoms with van der Waals surface area (Å²) in [5.41, 5.74) is 4.32. The predicted octanol–water partition coefficient (Wildman–Crippen LogP) is 3.84. The molecule has 0 radical (unpaired) electrons. The van der Waals surface area contributed by atoms with E-state index in [9.17, 15) is 4.79 Å². The molecular formula is C23H19NO4. The monoisotopic (exact) mass is 373 g/mol. The smallest absolute Gasteiger partial charge is 0.332 e. The number of nitriles is 1. The van der Waals surface area contributed by atoms with E-state index in [-0.39, 0.29) is 6.61 Å². The van der Waals surface area contributed by atoms with Crippen molar-refractivity contribution < 1.29 is 19.4 Å². The highest BCUT2D eigenvalue weighted by molar-refractivity contribution is 5.71. The highest BCUT2D eigenvalue weighted by Crippen LogP contribution is 2.26. The molecule has 0 bridgehead atoms. The number of carbonyl (C=O) groups excluding carboxylic acids is 1. The van der Waals surface area contributed by atoms with E-state index in [1.807, 2.05) is 48.5 Å². The first-order chi connectivity index (χ1) is 13.7. The van der Waals surface area contributed by atoms with Gasteiger partial charge in [0, 0.05) is 0 Å². The van der Waals surface area contributed by atoms with Gasteiger partial charge in [-0.15, -0.1) is 0 Å². The van der Waals surface area contributed by atoms with Crippen LogP contribution in [0.25, 0.3) is 11.1 Å². The third-order valence-corrected chi connectivity index (χ3v) is 4.17. The summed E-state index contributed by atoms with van der Waals surface area (Å²) in [5.74, 6) is 0.0217. The van der Waals surface area contributed by atoms with E-state index in [0.717, 1.165) is 22.3 Å². The number of hydrogen-bond acceptors (Lipinski definition) is 5. The van der Waals surface area contributed by atoms with Gasteiger partial charge in [-0.1, -0.05) is 42.5 Å². The van der Waals surface area contributed by atoms with Crippen molar-refractivity contribution in [2.45, 2.75) is 13.2 Å². The molecule has 140 valence electrons. The van der Waals surface area contributed by atoms with Crippen molar-refractivity contribution in [3.63, 3.8) is 0 Å². The molecule has 0 aliphatic rings. The summed E-state index contributed by atoms with van der Waals surface area (Å²) < 4.78 is 10.9. The van der Waals surface area contributed by atoms with E-state index in [1.165, 1.54) is 0 Å². The summed E-state index contributed by atoms with van der Waals surface area (Å²) in [4.78, 5) is 11.3. The second kappa shape index (κ2) is 9.36. The second-order valence-corrected chi connectivity index (χ2v) is 6.10. The fourth-order valence-electron chi connectivity index (χ4n) is 2.72. The van der Waals surface area contributed by atoms with E-state index in [2.05, 4.69) is 6.07 Å². The fourth-order valence-corrected chi connectivity index (χ4v) is 2.72. The van der Waals surface area contributed by atoms with Crippen LogP contribution in [0.2, 0.25) is 0 Å². The molecule has 5 nitrogen and oxygen atoms in total. The minimum absolute atomic E-state index is 0.0837. The largest absolute Gasteiger partial charge is 0.489 e. The fraction of sp³-hybridized carbons (Fsp3) is 0.130. The topological polar surface area (TPSA) is 79.5 Å².